The van der Waals surface area contributed by atoms with Crippen molar-refractivity contribution in [2.24, 2.45) is 0 Å². The van der Waals surface area contributed by atoms with Gasteiger partial charge in [-0.1, -0.05) is 23.7 Å². The number of hydrogen-bond donors (Lipinski definition) is 3. The van der Waals surface area contributed by atoms with Gasteiger partial charge in [0, 0.05) is 23.2 Å². The Kier molecular flexibility index (Phi) is 6.95. The third-order valence-electron chi connectivity index (χ3n) is 3.56. The Morgan fingerprint density at radius 2 is 1.67 bits per heavy atom. The molecule has 0 spiro atoms. The van der Waals surface area contributed by atoms with Gasteiger partial charge in [0.25, 0.3) is 0 Å². The third kappa shape index (κ3) is 6.67. The summed E-state index contributed by atoms with van der Waals surface area (Å²) >= 11 is 5.75. The van der Waals surface area contributed by atoms with Crippen LogP contribution in [0.25, 0.3) is 0 Å². The monoisotopic (exact) mass is 410 g/mol. The van der Waals surface area contributed by atoms with Crippen molar-refractivity contribution in [3.8, 4) is 0 Å². The van der Waals surface area contributed by atoms with E-state index in [1.165, 1.54) is 24.3 Å². The standard InChI is InChI=1S/C18H19ClN2O5S/c1-12(21-27(25,26)16-8-4-14(19)5-9-16)10-17(22)20-15-6-2-13(3-7-15)11-18(23)24/h2-9,12,21H,10-11H2,1H3,(H,20,22)(H,23,24)/t12-/m0/s1. The Labute approximate surface area is 162 Å². The van der Waals surface area contributed by atoms with Crippen molar-refractivity contribution in [3.63, 3.8) is 0 Å². The molecule has 1 amide bonds. The fraction of sp³-hybridized carbons (Fsp3) is 0.222. The number of benzene rings is 2. The lowest BCUT2D eigenvalue weighted by atomic mass is 10.1. The number of rotatable bonds is 8. The van der Waals surface area contributed by atoms with Gasteiger partial charge in [-0.05, 0) is 48.9 Å². The highest BCUT2D eigenvalue weighted by Gasteiger charge is 2.19. The summed E-state index contributed by atoms with van der Waals surface area (Å²) in [6, 6.07) is 11.5. The lowest BCUT2D eigenvalue weighted by molar-refractivity contribution is -0.136. The van der Waals surface area contributed by atoms with Crippen LogP contribution < -0.4 is 10.0 Å². The number of sulfonamides is 1. The van der Waals surface area contributed by atoms with Crippen molar-refractivity contribution >= 4 is 39.2 Å². The minimum absolute atomic E-state index is 0.0631. The molecular weight excluding hydrogens is 392 g/mol. The van der Waals surface area contributed by atoms with E-state index in [0.717, 1.165) is 0 Å². The Hall–Kier alpha value is -2.42. The van der Waals surface area contributed by atoms with E-state index in [9.17, 15) is 18.0 Å². The van der Waals surface area contributed by atoms with Crippen LogP contribution in [-0.2, 0) is 26.0 Å². The summed E-state index contributed by atoms with van der Waals surface area (Å²) in [5, 5.41) is 11.8. The van der Waals surface area contributed by atoms with Crippen LogP contribution in [-0.4, -0.2) is 31.4 Å². The number of anilines is 1. The van der Waals surface area contributed by atoms with Crippen molar-refractivity contribution in [1.82, 2.24) is 4.72 Å². The van der Waals surface area contributed by atoms with Crippen molar-refractivity contribution in [2.45, 2.75) is 30.7 Å². The number of halogens is 1. The number of carboxylic acid groups (broad SMARTS) is 1. The summed E-state index contributed by atoms with van der Waals surface area (Å²) in [5.41, 5.74) is 1.12. The molecule has 0 aliphatic carbocycles. The van der Waals surface area contributed by atoms with Gasteiger partial charge < -0.3 is 10.4 Å². The number of nitrogens with one attached hydrogen (secondary N) is 2. The molecule has 0 aliphatic rings. The van der Waals surface area contributed by atoms with Crippen molar-refractivity contribution in [3.05, 3.63) is 59.1 Å². The minimum atomic E-state index is -3.76. The molecule has 0 radical (unpaired) electrons. The average Bonchev–Trinajstić information content (AvgIpc) is 2.55. The summed E-state index contributed by atoms with van der Waals surface area (Å²) in [7, 11) is -3.76. The molecule has 2 aromatic carbocycles. The Morgan fingerprint density at radius 1 is 1.07 bits per heavy atom. The van der Waals surface area contributed by atoms with Crippen molar-refractivity contribution in [1.29, 1.82) is 0 Å². The molecule has 1 atom stereocenters. The number of aliphatic carboxylic acids is 1. The van der Waals surface area contributed by atoms with E-state index in [1.807, 2.05) is 0 Å². The van der Waals surface area contributed by atoms with Gasteiger partial charge in [0.05, 0.1) is 11.3 Å². The van der Waals surface area contributed by atoms with E-state index in [-0.39, 0.29) is 23.6 Å². The van der Waals surface area contributed by atoms with Gasteiger partial charge in [0.15, 0.2) is 0 Å². The fourth-order valence-electron chi connectivity index (χ4n) is 2.36. The first-order valence-electron chi connectivity index (χ1n) is 8.04. The third-order valence-corrected chi connectivity index (χ3v) is 5.42. The first kappa shape index (κ1) is 20.9. The average molecular weight is 411 g/mol. The van der Waals surface area contributed by atoms with Crippen LogP contribution in [0.3, 0.4) is 0 Å². The van der Waals surface area contributed by atoms with Crippen molar-refractivity contribution < 1.29 is 23.1 Å². The summed E-state index contributed by atoms with van der Waals surface area (Å²) in [6.07, 6.45) is -0.165. The summed E-state index contributed by atoms with van der Waals surface area (Å²) in [6.45, 7) is 1.59. The van der Waals surface area contributed by atoms with Crippen LogP contribution in [0.4, 0.5) is 5.69 Å². The molecule has 2 rings (SSSR count). The molecule has 2 aromatic rings. The number of amides is 1. The molecule has 0 saturated heterocycles. The normalized spacial score (nSPS) is 12.4. The zero-order chi connectivity index (χ0) is 20.0. The predicted molar refractivity (Wildman–Crippen MR) is 102 cm³/mol. The molecule has 0 bridgehead atoms. The summed E-state index contributed by atoms with van der Waals surface area (Å²) in [5.74, 6) is -1.30. The van der Waals surface area contributed by atoms with Gasteiger partial charge in [-0.15, -0.1) is 0 Å². The molecule has 0 unspecified atom stereocenters. The van der Waals surface area contributed by atoms with E-state index in [4.69, 9.17) is 16.7 Å². The van der Waals surface area contributed by atoms with E-state index < -0.39 is 22.0 Å². The van der Waals surface area contributed by atoms with Crippen LogP contribution in [0.5, 0.6) is 0 Å². The van der Waals surface area contributed by atoms with E-state index in [1.54, 1.807) is 31.2 Å². The van der Waals surface area contributed by atoms with Gasteiger partial charge >= 0.3 is 5.97 Å². The van der Waals surface area contributed by atoms with Gasteiger partial charge in [-0.3, -0.25) is 9.59 Å². The first-order chi connectivity index (χ1) is 12.7. The number of carbonyl (C=O) groups is 2. The van der Waals surface area contributed by atoms with Crippen molar-refractivity contribution in [2.75, 3.05) is 5.32 Å². The highest BCUT2D eigenvalue weighted by atomic mass is 35.5. The number of carbonyl (C=O) groups excluding carboxylic acids is 1. The highest BCUT2D eigenvalue weighted by Crippen LogP contribution is 2.15. The second-order valence-electron chi connectivity index (χ2n) is 6.00. The van der Waals surface area contributed by atoms with Gasteiger partial charge in [0.2, 0.25) is 15.9 Å². The summed E-state index contributed by atoms with van der Waals surface area (Å²) < 4.78 is 27.0. The molecule has 27 heavy (non-hydrogen) atoms. The molecule has 144 valence electrons. The SMILES string of the molecule is C[C@@H](CC(=O)Nc1ccc(CC(=O)O)cc1)NS(=O)(=O)c1ccc(Cl)cc1. The number of hydrogen-bond acceptors (Lipinski definition) is 4. The quantitative estimate of drug-likeness (QED) is 0.619. The second-order valence-corrected chi connectivity index (χ2v) is 8.15. The van der Waals surface area contributed by atoms with E-state index >= 15 is 0 Å². The lowest BCUT2D eigenvalue weighted by Crippen LogP contribution is -2.35. The van der Waals surface area contributed by atoms with Crippen LogP contribution in [0.1, 0.15) is 18.9 Å². The maximum Gasteiger partial charge on any atom is 0.307 e. The molecule has 0 heterocycles. The van der Waals surface area contributed by atoms with Gasteiger partial charge in [-0.25, -0.2) is 13.1 Å². The Bertz CT molecular complexity index is 912. The van der Waals surface area contributed by atoms with E-state index in [0.29, 0.717) is 16.3 Å². The zero-order valence-corrected chi connectivity index (χ0v) is 16.0. The predicted octanol–water partition coefficient (Wildman–Crippen LogP) is 2.66. The van der Waals surface area contributed by atoms with Crippen LogP contribution >= 0.6 is 11.6 Å². The van der Waals surface area contributed by atoms with Crippen LogP contribution in [0.15, 0.2) is 53.4 Å². The number of carboxylic acids is 1. The summed E-state index contributed by atoms with van der Waals surface area (Å²) in [4.78, 5) is 22.8. The highest BCUT2D eigenvalue weighted by molar-refractivity contribution is 7.89. The second kappa shape index (κ2) is 8.98. The van der Waals surface area contributed by atoms with Gasteiger partial charge in [0.1, 0.15) is 0 Å². The molecule has 9 heteroatoms. The Morgan fingerprint density at radius 3 is 2.22 bits per heavy atom. The zero-order valence-electron chi connectivity index (χ0n) is 14.5. The molecule has 0 aliphatic heterocycles. The molecule has 3 N–H and O–H groups in total. The van der Waals surface area contributed by atoms with E-state index in [2.05, 4.69) is 10.0 Å². The topological polar surface area (TPSA) is 113 Å². The molecule has 0 fully saturated rings. The van der Waals surface area contributed by atoms with Gasteiger partial charge in [-0.2, -0.15) is 0 Å². The fourth-order valence-corrected chi connectivity index (χ4v) is 3.73. The van der Waals surface area contributed by atoms with Crippen LogP contribution in [0.2, 0.25) is 5.02 Å². The molecular formula is C18H19ClN2O5S. The molecule has 0 aromatic heterocycles. The largest absolute Gasteiger partial charge is 0.481 e. The first-order valence-corrected chi connectivity index (χ1v) is 9.90. The maximum absolute atomic E-state index is 12.3. The smallest absolute Gasteiger partial charge is 0.307 e. The maximum atomic E-state index is 12.3. The Balaban J connectivity index is 1.91. The molecule has 7 nitrogen and oxygen atoms in total. The minimum Gasteiger partial charge on any atom is -0.481 e. The lowest BCUT2D eigenvalue weighted by Gasteiger charge is -2.14. The van der Waals surface area contributed by atoms with Crippen LogP contribution in [0, 0.1) is 0 Å². The molecule has 0 saturated carbocycles.